The molecule has 0 saturated carbocycles. The van der Waals surface area contributed by atoms with Gasteiger partial charge in [-0.1, -0.05) is 65.0 Å². The van der Waals surface area contributed by atoms with Crippen LogP contribution in [0.1, 0.15) is 11.1 Å². The van der Waals surface area contributed by atoms with E-state index in [4.69, 9.17) is 0 Å². The fourth-order valence-corrected chi connectivity index (χ4v) is 2.28. The zero-order valence-electron chi connectivity index (χ0n) is 8.54. The van der Waals surface area contributed by atoms with Gasteiger partial charge in [-0.25, -0.2) is 0 Å². The molecule has 0 heterocycles. The van der Waals surface area contributed by atoms with Crippen molar-refractivity contribution in [1.29, 1.82) is 0 Å². The van der Waals surface area contributed by atoms with Gasteiger partial charge >= 0.3 is 0 Å². The Labute approximate surface area is 98.8 Å². The molecule has 0 atom stereocenters. The van der Waals surface area contributed by atoms with Crippen molar-refractivity contribution in [3.05, 3.63) is 54.1 Å². The number of hydrogen-bond donors (Lipinski definition) is 0. The van der Waals surface area contributed by atoms with Gasteiger partial charge in [0.15, 0.2) is 0 Å². The number of aryl methyl sites for hydroxylation is 1. The molecule has 0 aliphatic rings. The van der Waals surface area contributed by atoms with Crippen LogP contribution in [0.25, 0.3) is 16.8 Å². The van der Waals surface area contributed by atoms with E-state index in [1.807, 2.05) is 6.08 Å². The normalized spacial score (nSPS) is 10.5. The van der Waals surface area contributed by atoms with Gasteiger partial charge in [0.1, 0.15) is 0 Å². The summed E-state index contributed by atoms with van der Waals surface area (Å²) in [6.45, 7) is 3.87. The van der Waals surface area contributed by atoms with Gasteiger partial charge in [0.2, 0.25) is 0 Å². The minimum Gasteiger partial charge on any atom is -0.0984 e. The number of rotatable bonds is 3. The SMILES string of the molecule is C=Cc1cc(CCBr)cc2ccccc12. The van der Waals surface area contributed by atoms with Crippen molar-refractivity contribution in [2.75, 3.05) is 5.33 Å². The summed E-state index contributed by atoms with van der Waals surface area (Å²) in [7, 11) is 0. The quantitative estimate of drug-likeness (QED) is 0.717. The van der Waals surface area contributed by atoms with Crippen LogP contribution in [-0.4, -0.2) is 5.33 Å². The van der Waals surface area contributed by atoms with E-state index in [2.05, 4.69) is 58.9 Å². The van der Waals surface area contributed by atoms with Crippen LogP contribution in [0.4, 0.5) is 0 Å². The predicted octanol–water partition coefficient (Wildman–Crippen LogP) is 4.42. The van der Waals surface area contributed by atoms with Gasteiger partial charge in [-0.15, -0.1) is 0 Å². The molecule has 2 rings (SSSR count). The maximum absolute atomic E-state index is 3.87. The zero-order valence-corrected chi connectivity index (χ0v) is 10.1. The molecule has 0 nitrogen and oxygen atoms in total. The summed E-state index contributed by atoms with van der Waals surface area (Å²) in [6, 6.07) is 12.9. The van der Waals surface area contributed by atoms with Gasteiger partial charge in [-0.3, -0.25) is 0 Å². The molecule has 2 aromatic carbocycles. The van der Waals surface area contributed by atoms with Crippen LogP contribution in [0.3, 0.4) is 0 Å². The molecular weight excluding hydrogens is 248 g/mol. The second-order valence-electron chi connectivity index (χ2n) is 3.55. The minimum atomic E-state index is 1.00. The second kappa shape index (κ2) is 4.63. The van der Waals surface area contributed by atoms with E-state index in [0.29, 0.717) is 0 Å². The lowest BCUT2D eigenvalue weighted by atomic mass is 10.00. The molecule has 2 aromatic rings. The van der Waals surface area contributed by atoms with E-state index in [9.17, 15) is 0 Å². The lowest BCUT2D eigenvalue weighted by Crippen LogP contribution is -1.88. The number of benzene rings is 2. The Morgan fingerprint density at radius 2 is 2.00 bits per heavy atom. The molecule has 0 radical (unpaired) electrons. The fourth-order valence-electron chi connectivity index (χ4n) is 1.83. The topological polar surface area (TPSA) is 0 Å². The summed E-state index contributed by atoms with van der Waals surface area (Å²) in [5.41, 5.74) is 2.59. The Morgan fingerprint density at radius 1 is 1.20 bits per heavy atom. The van der Waals surface area contributed by atoms with Gasteiger partial charge in [0.25, 0.3) is 0 Å². The highest BCUT2D eigenvalue weighted by Crippen LogP contribution is 2.22. The molecule has 0 fully saturated rings. The van der Waals surface area contributed by atoms with Crippen molar-refractivity contribution in [2.45, 2.75) is 6.42 Å². The largest absolute Gasteiger partial charge is 0.0984 e. The average Bonchev–Trinajstić information content (AvgIpc) is 2.28. The lowest BCUT2D eigenvalue weighted by Gasteiger charge is -2.06. The molecule has 76 valence electrons. The van der Waals surface area contributed by atoms with E-state index >= 15 is 0 Å². The Bertz CT molecular complexity index is 486. The smallest absolute Gasteiger partial charge is 0.00718 e. The first-order valence-corrected chi connectivity index (χ1v) is 6.17. The maximum atomic E-state index is 3.87. The van der Waals surface area contributed by atoms with Crippen molar-refractivity contribution < 1.29 is 0 Å². The summed E-state index contributed by atoms with van der Waals surface area (Å²) >= 11 is 3.47. The minimum absolute atomic E-state index is 1.00. The third kappa shape index (κ3) is 2.13. The van der Waals surface area contributed by atoms with Crippen LogP contribution in [-0.2, 0) is 6.42 Å². The molecule has 1 heteroatoms. The first-order chi connectivity index (χ1) is 7.35. The summed E-state index contributed by atoms with van der Waals surface area (Å²) in [5.74, 6) is 0. The number of hydrogen-bond acceptors (Lipinski definition) is 0. The van der Waals surface area contributed by atoms with Gasteiger partial charge < -0.3 is 0 Å². The summed E-state index contributed by atoms with van der Waals surface area (Å²) in [5, 5.41) is 3.58. The summed E-state index contributed by atoms with van der Waals surface area (Å²) < 4.78 is 0. The molecule has 0 aliphatic heterocycles. The van der Waals surface area contributed by atoms with Crippen molar-refractivity contribution in [1.82, 2.24) is 0 Å². The highest BCUT2D eigenvalue weighted by atomic mass is 79.9. The van der Waals surface area contributed by atoms with E-state index in [-0.39, 0.29) is 0 Å². The molecule has 0 aliphatic carbocycles. The molecule has 15 heavy (non-hydrogen) atoms. The highest BCUT2D eigenvalue weighted by molar-refractivity contribution is 9.09. The van der Waals surface area contributed by atoms with E-state index in [0.717, 1.165) is 11.8 Å². The van der Waals surface area contributed by atoms with Crippen LogP contribution in [0.5, 0.6) is 0 Å². The molecule has 0 spiro atoms. The molecule has 0 unspecified atom stereocenters. The predicted molar refractivity (Wildman–Crippen MR) is 71.5 cm³/mol. The Morgan fingerprint density at radius 3 is 2.73 bits per heavy atom. The molecule has 0 amide bonds. The van der Waals surface area contributed by atoms with E-state index in [1.54, 1.807) is 0 Å². The van der Waals surface area contributed by atoms with Crippen molar-refractivity contribution in [3.8, 4) is 0 Å². The maximum Gasteiger partial charge on any atom is 0.00718 e. The zero-order chi connectivity index (χ0) is 10.7. The number of halogens is 1. The average molecular weight is 261 g/mol. The summed E-state index contributed by atoms with van der Waals surface area (Å²) in [4.78, 5) is 0. The molecular formula is C14H13Br. The van der Waals surface area contributed by atoms with Crippen molar-refractivity contribution in [3.63, 3.8) is 0 Å². The van der Waals surface area contributed by atoms with Gasteiger partial charge in [0.05, 0.1) is 0 Å². The standard InChI is InChI=1S/C14H13Br/c1-2-12-9-11(7-8-15)10-13-5-3-4-6-14(12)13/h2-6,9-10H,1,7-8H2. The Kier molecular flexibility index (Phi) is 3.22. The van der Waals surface area contributed by atoms with E-state index in [1.165, 1.54) is 21.9 Å². The van der Waals surface area contributed by atoms with Crippen LogP contribution in [0.2, 0.25) is 0 Å². The Balaban J connectivity index is 2.65. The number of alkyl halides is 1. The van der Waals surface area contributed by atoms with Crippen molar-refractivity contribution >= 4 is 32.8 Å². The Hall–Kier alpha value is -1.08. The van der Waals surface area contributed by atoms with Gasteiger partial charge in [-0.2, -0.15) is 0 Å². The first-order valence-electron chi connectivity index (χ1n) is 5.05. The van der Waals surface area contributed by atoms with Gasteiger partial charge in [0, 0.05) is 5.33 Å². The highest BCUT2D eigenvalue weighted by Gasteiger charge is 2.00. The third-order valence-corrected chi connectivity index (χ3v) is 2.95. The fraction of sp³-hybridized carbons (Fsp3) is 0.143. The summed E-state index contributed by atoms with van der Waals surface area (Å²) in [6.07, 6.45) is 2.99. The molecule has 0 aromatic heterocycles. The van der Waals surface area contributed by atoms with Gasteiger partial charge in [-0.05, 0) is 28.3 Å². The molecule has 0 saturated heterocycles. The van der Waals surface area contributed by atoms with Crippen LogP contribution < -0.4 is 0 Å². The van der Waals surface area contributed by atoms with Crippen LogP contribution in [0, 0.1) is 0 Å². The van der Waals surface area contributed by atoms with Crippen molar-refractivity contribution in [2.24, 2.45) is 0 Å². The molecule has 0 N–H and O–H groups in total. The second-order valence-corrected chi connectivity index (χ2v) is 4.34. The van der Waals surface area contributed by atoms with Crippen LogP contribution in [0.15, 0.2) is 43.0 Å². The lowest BCUT2D eigenvalue weighted by molar-refractivity contribution is 1.17. The monoisotopic (exact) mass is 260 g/mol. The number of fused-ring (bicyclic) bond motifs is 1. The van der Waals surface area contributed by atoms with E-state index < -0.39 is 0 Å². The third-order valence-electron chi connectivity index (χ3n) is 2.56. The molecule has 0 bridgehead atoms. The first kappa shape index (κ1) is 10.4. The van der Waals surface area contributed by atoms with Crippen LogP contribution >= 0.6 is 15.9 Å².